The Kier molecular flexibility index (Phi) is 4.98. The Morgan fingerprint density at radius 1 is 1.23 bits per heavy atom. The maximum atomic E-state index is 13.5. The molecule has 0 spiro atoms. The molecule has 0 saturated carbocycles. The van der Waals surface area contributed by atoms with Crippen molar-refractivity contribution in [1.82, 2.24) is 9.97 Å². The molecule has 2 aromatic rings. The molecular formula is C15H16F2N4O. The molecule has 0 bridgehead atoms. The number of amides is 1. The van der Waals surface area contributed by atoms with Crippen molar-refractivity contribution in [1.29, 1.82) is 0 Å². The van der Waals surface area contributed by atoms with Crippen molar-refractivity contribution < 1.29 is 13.6 Å². The van der Waals surface area contributed by atoms with E-state index in [1.165, 1.54) is 12.4 Å². The second-order valence-corrected chi connectivity index (χ2v) is 5.14. The summed E-state index contributed by atoms with van der Waals surface area (Å²) in [5, 5.41) is 5.41. The molecule has 1 heterocycles. The van der Waals surface area contributed by atoms with Crippen LogP contribution >= 0.6 is 0 Å². The number of halogens is 2. The Bertz CT molecular complexity index is 676. The van der Waals surface area contributed by atoms with E-state index >= 15 is 0 Å². The third-order valence-corrected chi connectivity index (χ3v) is 2.77. The fraction of sp³-hybridized carbons (Fsp3) is 0.267. The average Bonchev–Trinajstić information content (AvgIpc) is 2.48. The van der Waals surface area contributed by atoms with Gasteiger partial charge in [-0.15, -0.1) is 0 Å². The van der Waals surface area contributed by atoms with E-state index < -0.39 is 17.5 Å². The van der Waals surface area contributed by atoms with Gasteiger partial charge >= 0.3 is 0 Å². The van der Waals surface area contributed by atoms with E-state index in [1.807, 2.05) is 13.8 Å². The molecule has 22 heavy (non-hydrogen) atoms. The van der Waals surface area contributed by atoms with Gasteiger partial charge in [-0.2, -0.15) is 0 Å². The number of carbonyl (C=O) groups is 1. The van der Waals surface area contributed by atoms with Gasteiger partial charge < -0.3 is 10.6 Å². The van der Waals surface area contributed by atoms with Gasteiger partial charge in [0, 0.05) is 18.7 Å². The molecule has 116 valence electrons. The van der Waals surface area contributed by atoms with Crippen molar-refractivity contribution in [2.24, 2.45) is 5.92 Å². The summed E-state index contributed by atoms with van der Waals surface area (Å²) >= 11 is 0. The van der Waals surface area contributed by atoms with E-state index in [-0.39, 0.29) is 11.4 Å². The molecule has 0 aliphatic carbocycles. The predicted molar refractivity (Wildman–Crippen MR) is 79.7 cm³/mol. The van der Waals surface area contributed by atoms with Crippen molar-refractivity contribution in [3.05, 3.63) is 47.9 Å². The SMILES string of the molecule is CC(C)CNc1cc(C(=O)Nc2ccc(F)cc2F)ncn1. The van der Waals surface area contributed by atoms with Crippen molar-refractivity contribution in [2.75, 3.05) is 17.2 Å². The van der Waals surface area contributed by atoms with Crippen molar-refractivity contribution in [2.45, 2.75) is 13.8 Å². The maximum absolute atomic E-state index is 13.5. The van der Waals surface area contributed by atoms with Crippen LogP contribution in [-0.2, 0) is 0 Å². The molecule has 0 radical (unpaired) electrons. The topological polar surface area (TPSA) is 66.9 Å². The standard InChI is InChI=1S/C15H16F2N4O/c1-9(2)7-18-14-6-13(19-8-20-14)15(22)21-12-4-3-10(16)5-11(12)17/h3-6,8-9H,7H2,1-2H3,(H,21,22)(H,18,19,20). The monoisotopic (exact) mass is 306 g/mol. The van der Waals surface area contributed by atoms with Crippen LogP contribution in [0.4, 0.5) is 20.3 Å². The first-order valence-electron chi connectivity index (χ1n) is 6.78. The van der Waals surface area contributed by atoms with Crippen LogP contribution in [0.5, 0.6) is 0 Å². The largest absolute Gasteiger partial charge is 0.370 e. The number of nitrogens with zero attached hydrogens (tertiary/aromatic N) is 2. The van der Waals surface area contributed by atoms with Gasteiger partial charge in [0.1, 0.15) is 29.5 Å². The highest BCUT2D eigenvalue weighted by atomic mass is 19.1. The molecule has 0 aliphatic rings. The van der Waals surface area contributed by atoms with Gasteiger partial charge in [0.15, 0.2) is 0 Å². The highest BCUT2D eigenvalue weighted by Crippen LogP contribution is 2.16. The lowest BCUT2D eigenvalue weighted by Crippen LogP contribution is -2.16. The van der Waals surface area contributed by atoms with Crippen LogP contribution in [0.25, 0.3) is 0 Å². The number of hydrogen-bond acceptors (Lipinski definition) is 4. The van der Waals surface area contributed by atoms with E-state index in [1.54, 1.807) is 0 Å². The lowest BCUT2D eigenvalue weighted by molar-refractivity contribution is 0.102. The number of carbonyl (C=O) groups excluding carboxylic acids is 1. The van der Waals surface area contributed by atoms with Crippen LogP contribution in [0.1, 0.15) is 24.3 Å². The molecule has 2 N–H and O–H groups in total. The molecule has 0 aliphatic heterocycles. The van der Waals surface area contributed by atoms with E-state index in [2.05, 4.69) is 20.6 Å². The number of aromatic nitrogens is 2. The summed E-state index contributed by atoms with van der Waals surface area (Å²) < 4.78 is 26.3. The molecule has 7 heteroatoms. The van der Waals surface area contributed by atoms with Crippen molar-refractivity contribution >= 4 is 17.4 Å². The van der Waals surface area contributed by atoms with Gasteiger partial charge in [-0.05, 0) is 18.1 Å². The molecule has 1 amide bonds. The van der Waals surface area contributed by atoms with Crippen LogP contribution in [0.15, 0.2) is 30.6 Å². The number of rotatable bonds is 5. The minimum atomic E-state index is -0.847. The molecule has 0 atom stereocenters. The van der Waals surface area contributed by atoms with Gasteiger partial charge in [0.25, 0.3) is 5.91 Å². The molecule has 0 unspecified atom stereocenters. The first kappa shape index (κ1) is 15.8. The predicted octanol–water partition coefficient (Wildman–Crippen LogP) is 3.08. The van der Waals surface area contributed by atoms with E-state index in [0.717, 1.165) is 12.1 Å². The van der Waals surface area contributed by atoms with Crippen molar-refractivity contribution in [3.8, 4) is 0 Å². The first-order chi connectivity index (χ1) is 10.5. The third-order valence-electron chi connectivity index (χ3n) is 2.77. The molecule has 0 saturated heterocycles. The Morgan fingerprint density at radius 2 is 2.00 bits per heavy atom. The molecular weight excluding hydrogens is 290 g/mol. The van der Waals surface area contributed by atoms with Crippen LogP contribution in [0.3, 0.4) is 0 Å². The first-order valence-corrected chi connectivity index (χ1v) is 6.78. The van der Waals surface area contributed by atoms with Gasteiger partial charge in [-0.3, -0.25) is 4.79 Å². The Hall–Kier alpha value is -2.57. The maximum Gasteiger partial charge on any atom is 0.274 e. The molecule has 2 rings (SSSR count). The molecule has 5 nitrogen and oxygen atoms in total. The molecule has 0 fully saturated rings. The van der Waals surface area contributed by atoms with E-state index in [0.29, 0.717) is 24.3 Å². The minimum Gasteiger partial charge on any atom is -0.370 e. The lowest BCUT2D eigenvalue weighted by atomic mass is 10.2. The zero-order valence-corrected chi connectivity index (χ0v) is 12.2. The van der Waals surface area contributed by atoms with Crippen LogP contribution in [-0.4, -0.2) is 22.4 Å². The number of nitrogens with one attached hydrogen (secondary N) is 2. The van der Waals surface area contributed by atoms with Crippen LogP contribution < -0.4 is 10.6 Å². The third kappa shape index (κ3) is 4.21. The lowest BCUT2D eigenvalue weighted by Gasteiger charge is -2.09. The zero-order valence-electron chi connectivity index (χ0n) is 12.2. The number of anilines is 2. The van der Waals surface area contributed by atoms with Crippen molar-refractivity contribution in [3.63, 3.8) is 0 Å². The quantitative estimate of drug-likeness (QED) is 0.891. The summed E-state index contributed by atoms with van der Waals surface area (Å²) in [7, 11) is 0. The zero-order chi connectivity index (χ0) is 16.1. The summed E-state index contributed by atoms with van der Waals surface area (Å²) in [5.41, 5.74) is -0.0216. The van der Waals surface area contributed by atoms with E-state index in [4.69, 9.17) is 0 Å². The average molecular weight is 306 g/mol. The summed E-state index contributed by atoms with van der Waals surface area (Å²) in [6.07, 6.45) is 1.25. The Morgan fingerprint density at radius 3 is 2.68 bits per heavy atom. The molecule has 1 aromatic heterocycles. The smallest absolute Gasteiger partial charge is 0.274 e. The van der Waals surface area contributed by atoms with E-state index in [9.17, 15) is 13.6 Å². The minimum absolute atomic E-state index is 0.0879. The fourth-order valence-corrected chi connectivity index (χ4v) is 1.66. The Balaban J connectivity index is 2.10. The van der Waals surface area contributed by atoms with Gasteiger partial charge in [-0.25, -0.2) is 18.7 Å². The van der Waals surface area contributed by atoms with Crippen LogP contribution in [0, 0.1) is 17.6 Å². The highest BCUT2D eigenvalue weighted by molar-refractivity contribution is 6.03. The number of hydrogen-bond donors (Lipinski definition) is 2. The van der Waals surface area contributed by atoms with Gasteiger partial charge in [0.05, 0.1) is 5.69 Å². The van der Waals surface area contributed by atoms with Gasteiger partial charge in [0.2, 0.25) is 0 Å². The fourth-order valence-electron chi connectivity index (χ4n) is 1.66. The van der Waals surface area contributed by atoms with Gasteiger partial charge in [-0.1, -0.05) is 13.8 Å². The van der Waals surface area contributed by atoms with Crippen LogP contribution in [0.2, 0.25) is 0 Å². The summed E-state index contributed by atoms with van der Waals surface area (Å²) in [6.45, 7) is 4.78. The molecule has 1 aromatic carbocycles. The highest BCUT2D eigenvalue weighted by Gasteiger charge is 2.12. The number of benzene rings is 1. The second kappa shape index (κ2) is 6.93. The normalized spacial score (nSPS) is 10.6. The summed E-state index contributed by atoms with van der Waals surface area (Å²) in [4.78, 5) is 19.9. The Labute approximate surface area is 126 Å². The summed E-state index contributed by atoms with van der Waals surface area (Å²) in [5.74, 6) is -1.23. The summed E-state index contributed by atoms with van der Waals surface area (Å²) in [6, 6.07) is 4.39. The second-order valence-electron chi connectivity index (χ2n) is 5.14.